The van der Waals surface area contributed by atoms with Crippen molar-refractivity contribution in [3.05, 3.63) is 62.5 Å². The van der Waals surface area contributed by atoms with E-state index in [2.05, 4.69) is 49.4 Å². The number of nitrogens with two attached hydrogens (primary N) is 1. The van der Waals surface area contributed by atoms with E-state index in [0.717, 1.165) is 26.7 Å². The summed E-state index contributed by atoms with van der Waals surface area (Å²) in [6, 6.07) is 14.3. The van der Waals surface area contributed by atoms with E-state index in [4.69, 9.17) is 10.6 Å². The summed E-state index contributed by atoms with van der Waals surface area (Å²) < 4.78 is 7.24. The van der Waals surface area contributed by atoms with Crippen molar-refractivity contribution in [3.63, 3.8) is 0 Å². The second-order valence-electron chi connectivity index (χ2n) is 4.45. The normalized spacial score (nSPS) is 12.2. The molecule has 0 saturated carbocycles. The highest BCUT2D eigenvalue weighted by Gasteiger charge is 2.12. The van der Waals surface area contributed by atoms with Gasteiger partial charge >= 0.3 is 0 Å². The molecule has 1 unspecified atom stereocenters. The van der Waals surface area contributed by atoms with Crippen molar-refractivity contribution in [2.24, 2.45) is 5.84 Å². The van der Waals surface area contributed by atoms with Gasteiger partial charge in [0.2, 0.25) is 0 Å². The second kappa shape index (κ2) is 7.22. The number of ether oxygens (including phenoxy) is 1. The average Bonchev–Trinajstić information content (AvgIpc) is 2.44. The Balaban J connectivity index is 2.22. The molecule has 0 amide bonds. The second-order valence-corrected chi connectivity index (χ2v) is 6.22. The minimum Gasteiger partial charge on any atom is -0.496 e. The molecular weight excluding hydrogens is 384 g/mol. The molecule has 0 aliphatic carbocycles. The van der Waals surface area contributed by atoms with Gasteiger partial charge in [0.05, 0.1) is 17.6 Å². The van der Waals surface area contributed by atoms with Gasteiger partial charge in [-0.2, -0.15) is 0 Å². The van der Waals surface area contributed by atoms with E-state index < -0.39 is 0 Å². The number of rotatable bonds is 5. The predicted molar refractivity (Wildman–Crippen MR) is 88.6 cm³/mol. The lowest BCUT2D eigenvalue weighted by Crippen LogP contribution is -2.29. The first-order valence-corrected chi connectivity index (χ1v) is 7.76. The first-order valence-electron chi connectivity index (χ1n) is 6.18. The standard InChI is InChI=1S/C15H16Br2N2O/c1-20-15-6-5-11(9-13(15)17)14(19-18)8-10-3-2-4-12(16)7-10/h2-7,9,14,19H,8,18H2,1H3. The van der Waals surface area contributed by atoms with E-state index in [1.54, 1.807) is 7.11 Å². The van der Waals surface area contributed by atoms with Crippen LogP contribution in [0.4, 0.5) is 0 Å². The van der Waals surface area contributed by atoms with Gasteiger partial charge in [0.25, 0.3) is 0 Å². The largest absolute Gasteiger partial charge is 0.496 e. The summed E-state index contributed by atoms with van der Waals surface area (Å²) in [5.41, 5.74) is 5.20. The maximum atomic E-state index is 5.70. The molecule has 0 spiro atoms. The van der Waals surface area contributed by atoms with E-state index >= 15 is 0 Å². The summed E-state index contributed by atoms with van der Waals surface area (Å²) in [5, 5.41) is 0. The van der Waals surface area contributed by atoms with Crippen LogP contribution >= 0.6 is 31.9 Å². The number of halogens is 2. The molecule has 0 fully saturated rings. The van der Waals surface area contributed by atoms with Crippen LogP contribution in [0.25, 0.3) is 0 Å². The number of hydrogen-bond donors (Lipinski definition) is 2. The zero-order valence-electron chi connectivity index (χ0n) is 11.1. The summed E-state index contributed by atoms with van der Waals surface area (Å²) in [6.45, 7) is 0. The van der Waals surface area contributed by atoms with Crippen LogP contribution in [0.5, 0.6) is 5.75 Å². The van der Waals surface area contributed by atoms with Gasteiger partial charge in [0.1, 0.15) is 5.75 Å². The van der Waals surface area contributed by atoms with Crippen LogP contribution in [0, 0.1) is 0 Å². The summed E-state index contributed by atoms with van der Waals surface area (Å²) in [7, 11) is 1.65. The average molecular weight is 400 g/mol. The molecule has 0 saturated heterocycles. The Morgan fingerprint density at radius 2 is 2.00 bits per heavy atom. The number of hydrogen-bond acceptors (Lipinski definition) is 3. The van der Waals surface area contributed by atoms with Gasteiger partial charge in [-0.25, -0.2) is 0 Å². The molecular formula is C15H16Br2N2O. The third-order valence-electron chi connectivity index (χ3n) is 3.11. The maximum Gasteiger partial charge on any atom is 0.133 e. The lowest BCUT2D eigenvalue weighted by molar-refractivity contribution is 0.411. The van der Waals surface area contributed by atoms with Crippen molar-refractivity contribution in [2.45, 2.75) is 12.5 Å². The van der Waals surface area contributed by atoms with Crippen molar-refractivity contribution < 1.29 is 4.74 Å². The molecule has 0 heterocycles. The van der Waals surface area contributed by atoms with Gasteiger partial charge < -0.3 is 4.74 Å². The van der Waals surface area contributed by atoms with E-state index in [1.807, 2.05) is 30.3 Å². The highest BCUT2D eigenvalue weighted by atomic mass is 79.9. The SMILES string of the molecule is COc1ccc(C(Cc2cccc(Br)c2)NN)cc1Br. The van der Waals surface area contributed by atoms with E-state index in [9.17, 15) is 0 Å². The summed E-state index contributed by atoms with van der Waals surface area (Å²) in [5.74, 6) is 6.52. The number of benzene rings is 2. The zero-order valence-corrected chi connectivity index (χ0v) is 14.2. The molecule has 106 valence electrons. The van der Waals surface area contributed by atoms with Gasteiger partial charge in [-0.15, -0.1) is 0 Å². The van der Waals surface area contributed by atoms with Crippen LogP contribution in [0.3, 0.4) is 0 Å². The van der Waals surface area contributed by atoms with Crippen LogP contribution in [0.15, 0.2) is 51.4 Å². The zero-order chi connectivity index (χ0) is 14.5. The molecule has 0 radical (unpaired) electrons. The van der Waals surface area contributed by atoms with Crippen LogP contribution < -0.4 is 16.0 Å². The van der Waals surface area contributed by atoms with Crippen molar-refractivity contribution in [1.82, 2.24) is 5.43 Å². The Kier molecular flexibility index (Phi) is 5.60. The summed E-state index contributed by atoms with van der Waals surface area (Å²) in [4.78, 5) is 0. The third-order valence-corrected chi connectivity index (χ3v) is 4.22. The first-order chi connectivity index (χ1) is 9.63. The smallest absolute Gasteiger partial charge is 0.133 e. The summed E-state index contributed by atoms with van der Waals surface area (Å²) in [6.07, 6.45) is 0.814. The van der Waals surface area contributed by atoms with Gasteiger partial charge in [-0.1, -0.05) is 34.1 Å². The van der Waals surface area contributed by atoms with Gasteiger partial charge in [-0.05, 0) is 57.7 Å². The molecule has 2 aromatic rings. The van der Waals surface area contributed by atoms with Gasteiger partial charge in [0, 0.05) is 4.47 Å². The van der Waals surface area contributed by atoms with E-state index in [-0.39, 0.29) is 6.04 Å². The van der Waals surface area contributed by atoms with Crippen molar-refractivity contribution >= 4 is 31.9 Å². The molecule has 5 heteroatoms. The van der Waals surface area contributed by atoms with Crippen molar-refractivity contribution in [2.75, 3.05) is 7.11 Å². The minimum absolute atomic E-state index is 0.0477. The maximum absolute atomic E-state index is 5.70. The molecule has 20 heavy (non-hydrogen) atoms. The van der Waals surface area contributed by atoms with Gasteiger partial charge in [0.15, 0.2) is 0 Å². The number of methoxy groups -OCH3 is 1. The Morgan fingerprint density at radius 3 is 2.60 bits per heavy atom. The molecule has 0 aliphatic rings. The van der Waals surface area contributed by atoms with E-state index in [0.29, 0.717) is 0 Å². The van der Waals surface area contributed by atoms with Crippen molar-refractivity contribution in [1.29, 1.82) is 0 Å². The number of nitrogens with one attached hydrogen (secondary N) is 1. The highest BCUT2D eigenvalue weighted by molar-refractivity contribution is 9.10. The Morgan fingerprint density at radius 1 is 1.20 bits per heavy atom. The Bertz CT molecular complexity index is 590. The molecule has 0 aliphatic heterocycles. The minimum atomic E-state index is 0.0477. The predicted octanol–water partition coefficient (Wildman–Crippen LogP) is 3.97. The molecule has 2 aromatic carbocycles. The lowest BCUT2D eigenvalue weighted by Gasteiger charge is -2.17. The molecule has 1 atom stereocenters. The fourth-order valence-corrected chi connectivity index (χ4v) is 3.08. The quantitative estimate of drug-likeness (QED) is 0.590. The monoisotopic (exact) mass is 398 g/mol. The van der Waals surface area contributed by atoms with Crippen LogP contribution in [0.2, 0.25) is 0 Å². The molecule has 0 aromatic heterocycles. The van der Waals surface area contributed by atoms with Crippen LogP contribution in [-0.2, 0) is 6.42 Å². The molecule has 3 N–H and O–H groups in total. The summed E-state index contributed by atoms with van der Waals surface area (Å²) >= 11 is 6.99. The molecule has 0 bridgehead atoms. The highest BCUT2D eigenvalue weighted by Crippen LogP contribution is 2.29. The van der Waals surface area contributed by atoms with Crippen LogP contribution in [-0.4, -0.2) is 7.11 Å². The molecule has 3 nitrogen and oxygen atoms in total. The Hall–Kier alpha value is -0.880. The van der Waals surface area contributed by atoms with E-state index in [1.165, 1.54) is 5.56 Å². The molecule has 2 rings (SSSR count). The lowest BCUT2D eigenvalue weighted by atomic mass is 9.99. The number of hydrazine groups is 1. The fourth-order valence-electron chi connectivity index (χ4n) is 2.07. The Labute approximate surface area is 135 Å². The third kappa shape index (κ3) is 3.82. The fraction of sp³-hybridized carbons (Fsp3) is 0.200. The van der Waals surface area contributed by atoms with Crippen LogP contribution in [0.1, 0.15) is 17.2 Å². The first kappa shape index (κ1) is 15.5. The van der Waals surface area contributed by atoms with Gasteiger partial charge in [-0.3, -0.25) is 11.3 Å². The topological polar surface area (TPSA) is 47.3 Å². The van der Waals surface area contributed by atoms with Crippen molar-refractivity contribution in [3.8, 4) is 5.75 Å².